The molecule has 4 nitrogen and oxygen atoms in total. The lowest BCUT2D eigenvalue weighted by Gasteiger charge is -2.39. The Kier molecular flexibility index (Phi) is 5.33. The van der Waals surface area contributed by atoms with E-state index in [2.05, 4.69) is 36.1 Å². The average Bonchev–Trinajstić information content (AvgIpc) is 2.48. The second kappa shape index (κ2) is 7.03. The minimum absolute atomic E-state index is 0.186. The fourth-order valence-corrected chi connectivity index (χ4v) is 2.96. The summed E-state index contributed by atoms with van der Waals surface area (Å²) in [5.41, 5.74) is 0.841. The van der Waals surface area contributed by atoms with Crippen LogP contribution in [0.1, 0.15) is 40.5 Å². The topological polar surface area (TPSA) is 32.8 Å². The van der Waals surface area contributed by atoms with Crippen LogP contribution in [0.3, 0.4) is 0 Å². The number of hydrogen-bond acceptors (Lipinski definition) is 3. The van der Waals surface area contributed by atoms with E-state index in [-0.39, 0.29) is 6.09 Å². The highest BCUT2D eigenvalue weighted by Gasteiger charge is 2.29. The Labute approximate surface area is 134 Å². The molecule has 0 radical (unpaired) electrons. The van der Waals surface area contributed by atoms with Crippen LogP contribution in [0, 0.1) is 0 Å². The van der Waals surface area contributed by atoms with Gasteiger partial charge in [-0.25, -0.2) is 4.79 Å². The molecule has 4 heteroatoms. The lowest BCUT2D eigenvalue weighted by molar-refractivity contribution is 0.0205. The molecule has 1 fully saturated rings. The van der Waals surface area contributed by atoms with Crippen molar-refractivity contribution < 1.29 is 9.53 Å². The number of carbonyl (C=O) groups is 1. The standard InChI is InChI=1S/C18H28N2O2/c1-5-20(15-9-7-6-8-10-15)16-11-13-19(14-12-16)17(21)22-18(2,3)4/h6-10,16H,5,11-14H2,1-4H3. The van der Waals surface area contributed by atoms with Gasteiger partial charge in [0, 0.05) is 31.4 Å². The minimum Gasteiger partial charge on any atom is -0.444 e. The molecular weight excluding hydrogens is 276 g/mol. The van der Waals surface area contributed by atoms with Crippen molar-refractivity contribution in [1.29, 1.82) is 0 Å². The molecule has 0 unspecified atom stereocenters. The predicted molar refractivity (Wildman–Crippen MR) is 90.3 cm³/mol. The van der Waals surface area contributed by atoms with Crippen LogP contribution in [-0.2, 0) is 4.74 Å². The summed E-state index contributed by atoms with van der Waals surface area (Å²) in [6.07, 6.45) is 1.79. The molecule has 0 saturated carbocycles. The first-order chi connectivity index (χ1) is 10.4. The monoisotopic (exact) mass is 304 g/mol. The van der Waals surface area contributed by atoms with Gasteiger partial charge in [0.2, 0.25) is 0 Å². The van der Waals surface area contributed by atoms with Gasteiger partial charge in [-0.3, -0.25) is 0 Å². The van der Waals surface area contributed by atoms with Crippen molar-refractivity contribution in [3.05, 3.63) is 30.3 Å². The summed E-state index contributed by atoms with van der Waals surface area (Å²) in [6.45, 7) is 10.4. The van der Waals surface area contributed by atoms with E-state index in [4.69, 9.17) is 4.74 Å². The van der Waals surface area contributed by atoms with Crippen LogP contribution in [0.5, 0.6) is 0 Å². The Morgan fingerprint density at radius 1 is 1.23 bits per heavy atom. The molecular formula is C18H28N2O2. The van der Waals surface area contributed by atoms with Crippen molar-refractivity contribution in [2.75, 3.05) is 24.5 Å². The first kappa shape index (κ1) is 16.7. The van der Waals surface area contributed by atoms with Crippen molar-refractivity contribution in [1.82, 2.24) is 4.90 Å². The molecule has 122 valence electrons. The highest BCUT2D eigenvalue weighted by Crippen LogP contribution is 2.24. The number of para-hydroxylation sites is 1. The van der Waals surface area contributed by atoms with Crippen molar-refractivity contribution >= 4 is 11.8 Å². The van der Waals surface area contributed by atoms with Crippen LogP contribution in [0.4, 0.5) is 10.5 Å². The van der Waals surface area contributed by atoms with Gasteiger partial charge >= 0.3 is 6.09 Å². The molecule has 0 aromatic heterocycles. The smallest absolute Gasteiger partial charge is 0.410 e. The van der Waals surface area contributed by atoms with E-state index in [1.165, 1.54) is 5.69 Å². The van der Waals surface area contributed by atoms with E-state index >= 15 is 0 Å². The molecule has 1 heterocycles. The van der Waals surface area contributed by atoms with E-state index in [1.54, 1.807) is 0 Å². The van der Waals surface area contributed by atoms with Crippen LogP contribution in [0.2, 0.25) is 0 Å². The fourth-order valence-electron chi connectivity index (χ4n) is 2.96. The van der Waals surface area contributed by atoms with Gasteiger partial charge in [-0.05, 0) is 52.7 Å². The summed E-state index contributed by atoms with van der Waals surface area (Å²) in [5.74, 6) is 0. The third-order valence-electron chi connectivity index (χ3n) is 3.99. The Morgan fingerprint density at radius 3 is 2.32 bits per heavy atom. The zero-order valence-corrected chi connectivity index (χ0v) is 14.2. The normalized spacial score (nSPS) is 16.5. The Bertz CT molecular complexity index is 474. The van der Waals surface area contributed by atoms with Crippen LogP contribution in [0.15, 0.2) is 30.3 Å². The van der Waals surface area contributed by atoms with Crippen molar-refractivity contribution in [3.8, 4) is 0 Å². The summed E-state index contributed by atoms with van der Waals surface area (Å²) in [6, 6.07) is 11.0. The number of piperidine rings is 1. The van der Waals surface area contributed by atoms with Crippen LogP contribution in [0.25, 0.3) is 0 Å². The maximum absolute atomic E-state index is 12.1. The SMILES string of the molecule is CCN(c1ccccc1)C1CCN(C(=O)OC(C)(C)C)CC1. The van der Waals surface area contributed by atoms with E-state index in [0.717, 1.165) is 32.5 Å². The van der Waals surface area contributed by atoms with Crippen molar-refractivity contribution in [3.63, 3.8) is 0 Å². The molecule has 1 aliphatic rings. The van der Waals surface area contributed by atoms with Crippen LogP contribution in [-0.4, -0.2) is 42.3 Å². The molecule has 0 N–H and O–H groups in total. The first-order valence-corrected chi connectivity index (χ1v) is 8.20. The number of hydrogen-bond donors (Lipinski definition) is 0. The number of amides is 1. The minimum atomic E-state index is -0.423. The number of nitrogens with zero attached hydrogens (tertiary/aromatic N) is 2. The highest BCUT2D eigenvalue weighted by molar-refractivity contribution is 5.68. The van der Waals surface area contributed by atoms with Crippen molar-refractivity contribution in [2.24, 2.45) is 0 Å². The fraction of sp³-hybridized carbons (Fsp3) is 0.611. The van der Waals surface area contributed by atoms with E-state index in [9.17, 15) is 4.79 Å². The molecule has 0 spiro atoms. The average molecular weight is 304 g/mol. The zero-order valence-electron chi connectivity index (χ0n) is 14.2. The third-order valence-corrected chi connectivity index (χ3v) is 3.99. The molecule has 1 saturated heterocycles. The molecule has 1 aromatic carbocycles. The molecule has 2 rings (SSSR count). The predicted octanol–water partition coefficient (Wildman–Crippen LogP) is 3.91. The second-order valence-corrected chi connectivity index (χ2v) is 6.82. The van der Waals surface area contributed by atoms with Crippen LogP contribution >= 0.6 is 0 Å². The number of carbonyl (C=O) groups excluding carboxylic acids is 1. The third kappa shape index (κ3) is 4.39. The van der Waals surface area contributed by atoms with E-state index in [1.807, 2.05) is 31.7 Å². The molecule has 0 bridgehead atoms. The molecule has 0 atom stereocenters. The van der Waals surface area contributed by atoms with E-state index < -0.39 is 5.60 Å². The first-order valence-electron chi connectivity index (χ1n) is 8.20. The number of benzene rings is 1. The van der Waals surface area contributed by atoms with Gasteiger partial charge in [-0.1, -0.05) is 18.2 Å². The van der Waals surface area contributed by atoms with Crippen molar-refractivity contribution in [2.45, 2.75) is 52.2 Å². The van der Waals surface area contributed by atoms with E-state index in [0.29, 0.717) is 6.04 Å². The number of likely N-dealkylation sites (tertiary alicyclic amines) is 1. The van der Waals surface area contributed by atoms with Crippen LogP contribution < -0.4 is 4.90 Å². The Hall–Kier alpha value is -1.71. The van der Waals surface area contributed by atoms with Gasteiger partial charge < -0.3 is 14.5 Å². The molecule has 0 aliphatic carbocycles. The number of rotatable bonds is 3. The molecule has 1 aliphatic heterocycles. The Morgan fingerprint density at radius 2 is 1.82 bits per heavy atom. The summed E-state index contributed by atoms with van der Waals surface area (Å²) in [7, 11) is 0. The maximum Gasteiger partial charge on any atom is 0.410 e. The largest absolute Gasteiger partial charge is 0.444 e. The lowest BCUT2D eigenvalue weighted by atomic mass is 10.0. The molecule has 1 aromatic rings. The molecule has 1 amide bonds. The van der Waals surface area contributed by atoms with Gasteiger partial charge in [0.05, 0.1) is 0 Å². The summed E-state index contributed by atoms with van der Waals surface area (Å²) in [4.78, 5) is 16.4. The quantitative estimate of drug-likeness (QED) is 0.848. The van der Waals surface area contributed by atoms with Gasteiger partial charge in [0.15, 0.2) is 0 Å². The maximum atomic E-state index is 12.1. The Balaban J connectivity index is 1.92. The summed E-state index contributed by atoms with van der Waals surface area (Å²) >= 11 is 0. The van der Waals surface area contributed by atoms with Gasteiger partial charge in [0.25, 0.3) is 0 Å². The van der Waals surface area contributed by atoms with Gasteiger partial charge in [-0.2, -0.15) is 0 Å². The lowest BCUT2D eigenvalue weighted by Crippen LogP contribution is -2.48. The molecule has 22 heavy (non-hydrogen) atoms. The van der Waals surface area contributed by atoms with Gasteiger partial charge in [0.1, 0.15) is 5.60 Å². The van der Waals surface area contributed by atoms with Gasteiger partial charge in [-0.15, -0.1) is 0 Å². The summed E-state index contributed by atoms with van der Waals surface area (Å²) < 4.78 is 5.46. The number of ether oxygens (including phenoxy) is 1. The number of anilines is 1. The highest BCUT2D eigenvalue weighted by atomic mass is 16.6. The zero-order chi connectivity index (χ0) is 16.2. The second-order valence-electron chi connectivity index (χ2n) is 6.82. The summed E-state index contributed by atoms with van der Waals surface area (Å²) in [5, 5.41) is 0.